The molecule has 0 bridgehead atoms. The molecule has 0 saturated carbocycles. The number of rotatable bonds is 5. The van der Waals surface area contributed by atoms with Crippen LogP contribution in [-0.2, 0) is 24.7 Å². The predicted octanol–water partition coefficient (Wildman–Crippen LogP) is 0.694. The SMILES string of the molecule is CC(C)(C)NC1CCN(S(=O)(=O)c2cccc(S(C)(=O)=O)c2)C1C(=O)O. The minimum absolute atomic E-state index is 0.0378. The summed E-state index contributed by atoms with van der Waals surface area (Å²) in [4.78, 5) is 11.4. The zero-order valence-electron chi connectivity index (χ0n) is 15.1. The van der Waals surface area contributed by atoms with Crippen LogP contribution in [0.5, 0.6) is 0 Å². The number of hydrogen-bond acceptors (Lipinski definition) is 6. The van der Waals surface area contributed by atoms with Crippen LogP contribution in [0, 0.1) is 0 Å². The average molecular weight is 405 g/mol. The van der Waals surface area contributed by atoms with Gasteiger partial charge in [-0.2, -0.15) is 4.31 Å². The summed E-state index contributed by atoms with van der Waals surface area (Å²) in [6.45, 7) is 5.66. The normalized spacial score (nSPS) is 22.5. The summed E-state index contributed by atoms with van der Waals surface area (Å²) < 4.78 is 50.3. The first-order valence-electron chi connectivity index (χ1n) is 8.06. The zero-order valence-corrected chi connectivity index (χ0v) is 16.8. The molecule has 26 heavy (non-hydrogen) atoms. The third-order valence-corrected chi connectivity index (χ3v) is 7.05. The third kappa shape index (κ3) is 4.43. The van der Waals surface area contributed by atoms with Gasteiger partial charge in [-0.05, 0) is 45.4 Å². The van der Waals surface area contributed by atoms with Crippen LogP contribution >= 0.6 is 0 Å². The Morgan fingerprint density at radius 3 is 2.27 bits per heavy atom. The quantitative estimate of drug-likeness (QED) is 0.741. The first-order chi connectivity index (χ1) is 11.7. The van der Waals surface area contributed by atoms with E-state index in [1.54, 1.807) is 0 Å². The van der Waals surface area contributed by atoms with E-state index in [1.165, 1.54) is 18.2 Å². The largest absolute Gasteiger partial charge is 0.480 e. The van der Waals surface area contributed by atoms with E-state index >= 15 is 0 Å². The van der Waals surface area contributed by atoms with E-state index in [2.05, 4.69) is 5.32 Å². The molecule has 2 N–H and O–H groups in total. The van der Waals surface area contributed by atoms with E-state index in [9.17, 15) is 26.7 Å². The standard InChI is InChI=1S/C16H24N2O6S2/c1-16(2,3)17-13-8-9-18(14(13)15(19)20)26(23,24)12-7-5-6-11(10-12)25(4,21)22/h5-7,10,13-14,17H,8-9H2,1-4H3,(H,19,20). The summed E-state index contributed by atoms with van der Waals surface area (Å²) in [6, 6.07) is 3.17. The topological polar surface area (TPSA) is 121 Å². The minimum atomic E-state index is -4.16. The van der Waals surface area contributed by atoms with Gasteiger partial charge >= 0.3 is 5.97 Å². The summed E-state index contributed by atoms with van der Waals surface area (Å²) in [7, 11) is -7.74. The van der Waals surface area contributed by atoms with Crippen LogP contribution in [0.2, 0.25) is 0 Å². The molecule has 2 atom stereocenters. The number of nitrogens with one attached hydrogen (secondary N) is 1. The van der Waals surface area contributed by atoms with Gasteiger partial charge in [0, 0.05) is 24.4 Å². The van der Waals surface area contributed by atoms with Crippen LogP contribution in [-0.4, -0.2) is 62.6 Å². The Morgan fingerprint density at radius 1 is 1.19 bits per heavy atom. The number of aliphatic carboxylic acids is 1. The van der Waals surface area contributed by atoms with Crippen molar-refractivity contribution < 1.29 is 26.7 Å². The van der Waals surface area contributed by atoms with Gasteiger partial charge in [-0.25, -0.2) is 16.8 Å². The van der Waals surface area contributed by atoms with Crippen LogP contribution in [0.3, 0.4) is 0 Å². The molecule has 1 aromatic carbocycles. The van der Waals surface area contributed by atoms with E-state index in [4.69, 9.17) is 0 Å². The fraction of sp³-hybridized carbons (Fsp3) is 0.562. The number of sulfone groups is 1. The van der Waals surface area contributed by atoms with Gasteiger partial charge in [-0.15, -0.1) is 0 Å². The molecule has 1 aromatic rings. The fourth-order valence-electron chi connectivity index (χ4n) is 3.04. The number of benzene rings is 1. The molecule has 0 spiro atoms. The van der Waals surface area contributed by atoms with Crippen molar-refractivity contribution in [2.45, 2.75) is 54.6 Å². The number of carboxylic acids is 1. The summed E-state index contributed by atoms with van der Waals surface area (Å²) in [5, 5.41) is 12.8. The van der Waals surface area contributed by atoms with Crippen molar-refractivity contribution in [2.75, 3.05) is 12.8 Å². The summed E-state index contributed by atoms with van der Waals surface area (Å²) in [5.74, 6) is -1.24. The molecule has 2 rings (SSSR count). The fourth-order valence-corrected chi connectivity index (χ4v) is 5.46. The lowest BCUT2D eigenvalue weighted by Crippen LogP contribution is -2.54. The van der Waals surface area contributed by atoms with Crippen LogP contribution in [0.25, 0.3) is 0 Å². The molecule has 1 fully saturated rings. The second-order valence-corrected chi connectivity index (χ2v) is 11.3. The van der Waals surface area contributed by atoms with Gasteiger partial charge in [-0.1, -0.05) is 6.07 Å². The van der Waals surface area contributed by atoms with E-state index < -0.39 is 37.9 Å². The highest BCUT2D eigenvalue weighted by Gasteiger charge is 2.46. The Labute approximate surface area is 154 Å². The number of carboxylic acid groups (broad SMARTS) is 1. The molecule has 1 heterocycles. The smallest absolute Gasteiger partial charge is 0.323 e. The molecular weight excluding hydrogens is 380 g/mol. The molecule has 1 aliphatic rings. The molecule has 146 valence electrons. The molecule has 0 aromatic heterocycles. The Morgan fingerprint density at radius 2 is 1.77 bits per heavy atom. The van der Waals surface area contributed by atoms with E-state index in [0.717, 1.165) is 16.6 Å². The Hall–Kier alpha value is -1.49. The van der Waals surface area contributed by atoms with Gasteiger partial charge in [-0.3, -0.25) is 4.79 Å². The van der Waals surface area contributed by atoms with Crippen molar-refractivity contribution in [3.05, 3.63) is 24.3 Å². The van der Waals surface area contributed by atoms with Gasteiger partial charge in [0.05, 0.1) is 9.79 Å². The number of hydrogen-bond donors (Lipinski definition) is 2. The lowest BCUT2D eigenvalue weighted by atomic mass is 10.0. The molecule has 2 unspecified atom stereocenters. The maximum Gasteiger partial charge on any atom is 0.323 e. The third-order valence-electron chi connectivity index (χ3n) is 4.06. The highest BCUT2D eigenvalue weighted by atomic mass is 32.2. The molecule has 1 aliphatic heterocycles. The minimum Gasteiger partial charge on any atom is -0.480 e. The lowest BCUT2D eigenvalue weighted by Gasteiger charge is -2.30. The zero-order chi connectivity index (χ0) is 19.9. The van der Waals surface area contributed by atoms with Crippen molar-refractivity contribution in [1.82, 2.24) is 9.62 Å². The van der Waals surface area contributed by atoms with Gasteiger partial charge in [0.2, 0.25) is 10.0 Å². The van der Waals surface area contributed by atoms with Gasteiger partial charge in [0.25, 0.3) is 0 Å². The van der Waals surface area contributed by atoms with E-state index in [-0.39, 0.29) is 21.9 Å². The average Bonchev–Trinajstić information content (AvgIpc) is 2.89. The molecule has 10 heteroatoms. The van der Waals surface area contributed by atoms with Crippen molar-refractivity contribution in [2.24, 2.45) is 0 Å². The van der Waals surface area contributed by atoms with E-state index in [0.29, 0.717) is 6.42 Å². The van der Waals surface area contributed by atoms with Crippen LogP contribution in [0.1, 0.15) is 27.2 Å². The van der Waals surface area contributed by atoms with Crippen molar-refractivity contribution >= 4 is 25.8 Å². The van der Waals surface area contributed by atoms with Crippen molar-refractivity contribution in [3.63, 3.8) is 0 Å². The van der Waals surface area contributed by atoms with Crippen LogP contribution in [0.4, 0.5) is 0 Å². The second kappa shape index (κ2) is 6.91. The monoisotopic (exact) mass is 404 g/mol. The molecule has 0 aliphatic carbocycles. The summed E-state index contributed by atoms with van der Waals surface area (Å²) in [6.07, 6.45) is 1.33. The van der Waals surface area contributed by atoms with E-state index in [1.807, 2.05) is 20.8 Å². The van der Waals surface area contributed by atoms with Gasteiger partial charge < -0.3 is 10.4 Å². The second-order valence-electron chi connectivity index (χ2n) is 7.44. The number of carbonyl (C=O) groups is 1. The Balaban J connectivity index is 2.44. The van der Waals surface area contributed by atoms with Gasteiger partial charge in [0.15, 0.2) is 9.84 Å². The van der Waals surface area contributed by atoms with Gasteiger partial charge in [0.1, 0.15) is 6.04 Å². The number of nitrogens with zero attached hydrogens (tertiary/aromatic N) is 1. The maximum atomic E-state index is 13.0. The Bertz CT molecular complexity index is 903. The maximum absolute atomic E-state index is 13.0. The molecule has 0 amide bonds. The molecule has 1 saturated heterocycles. The lowest BCUT2D eigenvalue weighted by molar-refractivity contribution is -0.141. The molecular formula is C16H24N2O6S2. The van der Waals surface area contributed by atoms with Crippen molar-refractivity contribution in [1.29, 1.82) is 0 Å². The highest BCUT2D eigenvalue weighted by molar-refractivity contribution is 7.91. The van der Waals surface area contributed by atoms with Crippen LogP contribution < -0.4 is 5.32 Å². The Kier molecular flexibility index (Phi) is 5.54. The summed E-state index contributed by atoms with van der Waals surface area (Å²) >= 11 is 0. The highest BCUT2D eigenvalue weighted by Crippen LogP contribution is 2.29. The molecule has 8 nitrogen and oxygen atoms in total. The van der Waals surface area contributed by atoms with Crippen LogP contribution in [0.15, 0.2) is 34.1 Å². The first kappa shape index (κ1) is 20.8. The summed E-state index contributed by atoms with van der Waals surface area (Å²) in [5.41, 5.74) is -0.381. The van der Waals surface area contributed by atoms with Crippen molar-refractivity contribution in [3.8, 4) is 0 Å². The first-order valence-corrected chi connectivity index (χ1v) is 11.4. The molecule has 0 radical (unpaired) electrons. The number of sulfonamides is 1. The predicted molar refractivity (Wildman–Crippen MR) is 96.2 cm³/mol.